The van der Waals surface area contributed by atoms with Crippen molar-refractivity contribution in [2.45, 2.75) is 58.5 Å². The third kappa shape index (κ3) is 3.98. The highest BCUT2D eigenvalue weighted by Gasteiger charge is 2.20. The first-order valence-electron chi connectivity index (χ1n) is 8.02. The molecule has 0 amide bonds. The van der Waals surface area contributed by atoms with E-state index in [1.807, 2.05) is 0 Å². The third-order valence-electron chi connectivity index (χ3n) is 4.29. The van der Waals surface area contributed by atoms with Gasteiger partial charge in [0.15, 0.2) is 0 Å². The van der Waals surface area contributed by atoms with E-state index in [4.69, 9.17) is 0 Å². The summed E-state index contributed by atoms with van der Waals surface area (Å²) in [6.07, 6.45) is 6.90. The Morgan fingerprint density at radius 2 is 1.95 bits per heavy atom. The molecule has 1 N–H and O–H groups in total. The van der Waals surface area contributed by atoms with Gasteiger partial charge in [0.2, 0.25) is 0 Å². The van der Waals surface area contributed by atoms with Crippen molar-refractivity contribution in [3.8, 4) is 0 Å². The Morgan fingerprint density at radius 3 is 2.55 bits per heavy atom. The van der Waals surface area contributed by atoms with E-state index >= 15 is 0 Å². The van der Waals surface area contributed by atoms with Gasteiger partial charge >= 0.3 is 0 Å². The third-order valence-corrected chi connectivity index (χ3v) is 5.03. The molecule has 1 aliphatic carbocycles. The van der Waals surface area contributed by atoms with Gasteiger partial charge in [0.25, 0.3) is 0 Å². The van der Waals surface area contributed by atoms with E-state index in [2.05, 4.69) is 58.2 Å². The Labute approximate surface area is 132 Å². The second kappa shape index (κ2) is 8.04. The summed E-state index contributed by atoms with van der Waals surface area (Å²) in [5.41, 5.74) is 2.71. The van der Waals surface area contributed by atoms with Crippen molar-refractivity contribution in [2.24, 2.45) is 0 Å². The van der Waals surface area contributed by atoms with Crippen molar-refractivity contribution in [2.75, 3.05) is 18.0 Å². The van der Waals surface area contributed by atoms with Crippen molar-refractivity contribution in [3.05, 3.63) is 28.2 Å². The van der Waals surface area contributed by atoms with Crippen LogP contribution in [0, 0.1) is 0 Å². The van der Waals surface area contributed by atoms with Crippen molar-refractivity contribution in [1.82, 2.24) is 5.32 Å². The summed E-state index contributed by atoms with van der Waals surface area (Å²) < 4.78 is 1.23. The predicted molar refractivity (Wildman–Crippen MR) is 91.4 cm³/mol. The Bertz CT molecular complexity index is 413. The van der Waals surface area contributed by atoms with Crippen molar-refractivity contribution in [3.63, 3.8) is 0 Å². The monoisotopic (exact) mass is 338 g/mol. The van der Waals surface area contributed by atoms with Crippen LogP contribution in [0.3, 0.4) is 0 Å². The summed E-state index contributed by atoms with van der Waals surface area (Å²) in [4.78, 5) is 2.58. The first-order valence-corrected chi connectivity index (χ1v) is 8.81. The minimum Gasteiger partial charge on any atom is -0.369 e. The minimum absolute atomic E-state index is 0.736. The molecule has 2 rings (SSSR count). The smallest absolute Gasteiger partial charge is 0.0380 e. The van der Waals surface area contributed by atoms with Gasteiger partial charge in [-0.1, -0.05) is 48.2 Å². The average Bonchev–Trinajstić information content (AvgIpc) is 2.48. The zero-order chi connectivity index (χ0) is 14.4. The van der Waals surface area contributed by atoms with Gasteiger partial charge in [-0.05, 0) is 44.0 Å². The topological polar surface area (TPSA) is 15.3 Å². The fourth-order valence-corrected chi connectivity index (χ4v) is 3.67. The summed E-state index contributed by atoms with van der Waals surface area (Å²) >= 11 is 3.73. The molecule has 112 valence electrons. The highest BCUT2D eigenvalue weighted by atomic mass is 79.9. The maximum Gasteiger partial charge on any atom is 0.0380 e. The van der Waals surface area contributed by atoms with E-state index in [0.717, 1.165) is 25.7 Å². The number of rotatable bonds is 6. The maximum absolute atomic E-state index is 3.73. The van der Waals surface area contributed by atoms with Crippen molar-refractivity contribution >= 4 is 21.6 Å². The summed E-state index contributed by atoms with van der Waals surface area (Å²) in [6, 6.07) is 7.58. The van der Waals surface area contributed by atoms with E-state index in [1.165, 1.54) is 47.8 Å². The number of benzene rings is 1. The van der Waals surface area contributed by atoms with Gasteiger partial charge < -0.3 is 10.2 Å². The molecule has 3 heteroatoms. The zero-order valence-corrected chi connectivity index (χ0v) is 14.4. The average molecular weight is 339 g/mol. The Morgan fingerprint density at radius 1 is 1.20 bits per heavy atom. The first-order chi connectivity index (χ1) is 9.76. The summed E-state index contributed by atoms with van der Waals surface area (Å²) in [5, 5.41) is 3.39. The van der Waals surface area contributed by atoms with Gasteiger partial charge in [0.05, 0.1) is 0 Å². The molecule has 1 saturated carbocycles. The quantitative estimate of drug-likeness (QED) is 0.807. The number of hydrogen-bond acceptors (Lipinski definition) is 2. The highest BCUT2D eigenvalue weighted by molar-refractivity contribution is 9.10. The van der Waals surface area contributed by atoms with E-state index in [-0.39, 0.29) is 0 Å². The van der Waals surface area contributed by atoms with E-state index in [1.54, 1.807) is 0 Å². The molecule has 0 radical (unpaired) electrons. The van der Waals surface area contributed by atoms with Gasteiger partial charge in [-0.15, -0.1) is 0 Å². The minimum atomic E-state index is 0.736. The van der Waals surface area contributed by atoms with Gasteiger partial charge in [0.1, 0.15) is 0 Å². The number of halogens is 1. The molecule has 0 saturated heterocycles. The number of nitrogens with one attached hydrogen (secondary N) is 1. The van der Waals surface area contributed by atoms with Crippen LogP contribution in [-0.4, -0.2) is 19.1 Å². The van der Waals surface area contributed by atoms with Crippen molar-refractivity contribution < 1.29 is 0 Å². The summed E-state index contributed by atoms with van der Waals surface area (Å²) in [7, 11) is 0. The summed E-state index contributed by atoms with van der Waals surface area (Å²) in [6.45, 7) is 7.47. The molecule has 0 aliphatic heterocycles. The molecular formula is C17H27BrN2. The van der Waals surface area contributed by atoms with Crippen LogP contribution in [0.2, 0.25) is 0 Å². The number of anilines is 1. The number of nitrogens with zero attached hydrogens (tertiary/aromatic N) is 1. The van der Waals surface area contributed by atoms with Crippen LogP contribution >= 0.6 is 15.9 Å². The predicted octanol–water partition coefficient (Wildman–Crippen LogP) is 4.72. The van der Waals surface area contributed by atoms with Gasteiger partial charge in [-0.2, -0.15) is 0 Å². The van der Waals surface area contributed by atoms with Crippen LogP contribution in [0.5, 0.6) is 0 Å². The molecule has 1 aromatic rings. The van der Waals surface area contributed by atoms with E-state index < -0.39 is 0 Å². The second-order valence-corrected chi connectivity index (χ2v) is 6.49. The molecule has 0 heterocycles. The lowest BCUT2D eigenvalue weighted by atomic mass is 9.93. The van der Waals surface area contributed by atoms with Crippen LogP contribution in [0.25, 0.3) is 0 Å². The molecule has 20 heavy (non-hydrogen) atoms. The van der Waals surface area contributed by atoms with Gasteiger partial charge in [-0.25, -0.2) is 0 Å². The zero-order valence-electron chi connectivity index (χ0n) is 12.8. The Hall–Kier alpha value is -0.540. The largest absolute Gasteiger partial charge is 0.369 e. The van der Waals surface area contributed by atoms with E-state index in [0.29, 0.717) is 0 Å². The van der Waals surface area contributed by atoms with Crippen LogP contribution in [0.1, 0.15) is 51.5 Å². The van der Waals surface area contributed by atoms with Crippen LogP contribution < -0.4 is 10.2 Å². The Kier molecular flexibility index (Phi) is 6.37. The lowest BCUT2D eigenvalue weighted by Crippen LogP contribution is -2.36. The highest BCUT2D eigenvalue weighted by Crippen LogP contribution is 2.30. The lowest BCUT2D eigenvalue weighted by molar-refractivity contribution is 0.418. The maximum atomic E-state index is 3.73. The van der Waals surface area contributed by atoms with Crippen molar-refractivity contribution in [1.29, 1.82) is 0 Å². The normalized spacial score (nSPS) is 16.4. The molecular weight excluding hydrogens is 312 g/mol. The van der Waals surface area contributed by atoms with Crippen LogP contribution in [0.4, 0.5) is 5.69 Å². The second-order valence-electron chi connectivity index (χ2n) is 5.63. The van der Waals surface area contributed by atoms with Gasteiger partial charge in [-0.3, -0.25) is 0 Å². The van der Waals surface area contributed by atoms with Crippen LogP contribution in [-0.2, 0) is 6.54 Å². The molecule has 0 atom stereocenters. The molecule has 2 nitrogen and oxygen atoms in total. The lowest BCUT2D eigenvalue weighted by Gasteiger charge is -2.35. The standard InChI is InChI=1S/C17H27BrN2/c1-3-19-13-14-10-11-16(12-17(14)18)20(4-2)15-8-6-5-7-9-15/h10-12,15,19H,3-9,13H2,1-2H3. The molecule has 1 aliphatic rings. The number of hydrogen-bond donors (Lipinski definition) is 1. The molecule has 0 aromatic heterocycles. The fourth-order valence-electron chi connectivity index (χ4n) is 3.16. The molecule has 0 spiro atoms. The molecule has 1 fully saturated rings. The molecule has 0 unspecified atom stereocenters. The molecule has 1 aromatic carbocycles. The first kappa shape index (κ1) is 15.8. The van der Waals surface area contributed by atoms with E-state index in [9.17, 15) is 0 Å². The fraction of sp³-hybridized carbons (Fsp3) is 0.647. The van der Waals surface area contributed by atoms with Crippen LogP contribution in [0.15, 0.2) is 22.7 Å². The summed E-state index contributed by atoms with van der Waals surface area (Å²) in [5.74, 6) is 0. The molecule has 0 bridgehead atoms. The van der Waals surface area contributed by atoms with Gasteiger partial charge in [0, 0.05) is 29.3 Å². The Balaban J connectivity index is 2.11. The SMILES string of the molecule is CCNCc1ccc(N(CC)C2CCCCC2)cc1Br.